The lowest BCUT2D eigenvalue weighted by Crippen LogP contribution is -2.35. The second-order valence-corrected chi connectivity index (χ2v) is 10.3. The Labute approximate surface area is 209 Å². The Morgan fingerprint density at radius 2 is 1.71 bits per heavy atom. The first-order valence-electron chi connectivity index (χ1n) is 12.2. The van der Waals surface area contributed by atoms with Crippen molar-refractivity contribution in [2.75, 3.05) is 13.2 Å². The smallest absolute Gasteiger partial charge is 0.259 e. The maximum atomic E-state index is 13.0. The number of hydrogen-bond donors (Lipinski definition) is 2. The molecule has 6 nitrogen and oxygen atoms in total. The second-order valence-electron chi connectivity index (χ2n) is 9.21. The van der Waals surface area contributed by atoms with E-state index in [9.17, 15) is 9.90 Å². The van der Waals surface area contributed by atoms with E-state index in [2.05, 4.69) is 22.0 Å². The zero-order valence-corrected chi connectivity index (χ0v) is 20.6. The Balaban J connectivity index is 1.30. The summed E-state index contributed by atoms with van der Waals surface area (Å²) in [4.78, 5) is 25.1. The Morgan fingerprint density at radius 1 is 1.00 bits per heavy atom. The first-order chi connectivity index (χ1) is 17.2. The molecular formula is C28H31N3O3S. The van der Waals surface area contributed by atoms with Crippen LogP contribution in [-0.2, 0) is 37.3 Å². The van der Waals surface area contributed by atoms with Gasteiger partial charge in [-0.1, -0.05) is 60.7 Å². The Hall–Kier alpha value is -2.84. The number of aliphatic hydroxyl groups is 1. The van der Waals surface area contributed by atoms with Crippen molar-refractivity contribution in [2.45, 2.75) is 51.5 Å². The summed E-state index contributed by atoms with van der Waals surface area (Å²) in [6, 6.07) is 20.1. The molecule has 1 aliphatic rings. The van der Waals surface area contributed by atoms with Gasteiger partial charge in [0.25, 0.3) is 5.56 Å². The number of aliphatic hydroxyl groups excluding tert-OH is 1. The molecule has 35 heavy (non-hydrogen) atoms. The van der Waals surface area contributed by atoms with Crippen molar-refractivity contribution in [3.05, 3.63) is 98.4 Å². The molecule has 2 aromatic heterocycles. The standard InChI is InChI=1S/C28H31N3O3S/c32-22(19-34-18-21-11-5-2-6-12-21)16-31(15-20-9-3-1-4-10-20)17-25-29-27(33)26-23-13-7-8-14-24(23)35-28(26)30-25/h1-6,9-12,22,32H,7-8,13-19H2,(H,29,30,33). The van der Waals surface area contributed by atoms with Gasteiger partial charge in [0, 0.05) is 18.0 Å². The molecule has 0 fully saturated rings. The minimum Gasteiger partial charge on any atom is -0.389 e. The van der Waals surface area contributed by atoms with Crippen molar-refractivity contribution in [3.8, 4) is 0 Å². The van der Waals surface area contributed by atoms with Crippen LogP contribution in [0.4, 0.5) is 0 Å². The van der Waals surface area contributed by atoms with Gasteiger partial charge in [-0.15, -0.1) is 11.3 Å². The summed E-state index contributed by atoms with van der Waals surface area (Å²) in [5, 5.41) is 11.5. The number of aryl methyl sites for hydroxylation is 2. The summed E-state index contributed by atoms with van der Waals surface area (Å²) < 4.78 is 5.76. The number of nitrogens with one attached hydrogen (secondary N) is 1. The van der Waals surface area contributed by atoms with Gasteiger partial charge in [-0.25, -0.2) is 4.98 Å². The predicted octanol–water partition coefficient (Wildman–Crippen LogP) is 4.44. The van der Waals surface area contributed by atoms with Crippen LogP contribution in [0.25, 0.3) is 10.2 Å². The topological polar surface area (TPSA) is 78.5 Å². The molecule has 2 N–H and O–H groups in total. The number of H-pyrrole nitrogens is 1. The maximum Gasteiger partial charge on any atom is 0.259 e. The molecule has 0 saturated heterocycles. The third kappa shape index (κ3) is 6.05. The average molecular weight is 490 g/mol. The van der Waals surface area contributed by atoms with Crippen LogP contribution in [0.3, 0.4) is 0 Å². The van der Waals surface area contributed by atoms with Gasteiger partial charge in [0.05, 0.1) is 31.2 Å². The van der Waals surface area contributed by atoms with E-state index >= 15 is 0 Å². The molecule has 0 spiro atoms. The van der Waals surface area contributed by atoms with Crippen LogP contribution in [-0.4, -0.2) is 39.2 Å². The number of aromatic amines is 1. The van der Waals surface area contributed by atoms with Crippen LogP contribution in [0, 0.1) is 0 Å². The summed E-state index contributed by atoms with van der Waals surface area (Å²) in [6.07, 6.45) is 3.66. The molecule has 5 rings (SSSR count). The molecule has 0 bridgehead atoms. The van der Waals surface area contributed by atoms with Crippen LogP contribution in [0.5, 0.6) is 0 Å². The zero-order chi connectivity index (χ0) is 24.0. The zero-order valence-electron chi connectivity index (χ0n) is 19.8. The molecule has 2 aromatic carbocycles. The summed E-state index contributed by atoms with van der Waals surface area (Å²) in [5.41, 5.74) is 3.37. The summed E-state index contributed by atoms with van der Waals surface area (Å²) in [6.45, 7) is 2.19. The van der Waals surface area contributed by atoms with Crippen LogP contribution >= 0.6 is 11.3 Å². The van der Waals surface area contributed by atoms with E-state index in [4.69, 9.17) is 9.72 Å². The van der Waals surface area contributed by atoms with E-state index in [1.165, 1.54) is 16.9 Å². The lowest BCUT2D eigenvalue weighted by Gasteiger charge is -2.25. The lowest BCUT2D eigenvalue weighted by atomic mass is 9.97. The van der Waals surface area contributed by atoms with Gasteiger partial charge >= 0.3 is 0 Å². The van der Waals surface area contributed by atoms with Crippen molar-refractivity contribution in [2.24, 2.45) is 0 Å². The molecule has 0 radical (unpaired) electrons. The Kier molecular flexibility index (Phi) is 7.69. The Morgan fingerprint density at radius 3 is 2.49 bits per heavy atom. The van der Waals surface area contributed by atoms with Crippen LogP contribution in [0.2, 0.25) is 0 Å². The number of hydrogen-bond acceptors (Lipinski definition) is 6. The molecular weight excluding hydrogens is 458 g/mol. The largest absolute Gasteiger partial charge is 0.389 e. The van der Waals surface area contributed by atoms with Gasteiger partial charge in [-0.05, 0) is 42.4 Å². The third-order valence-corrected chi connectivity index (χ3v) is 7.57. The van der Waals surface area contributed by atoms with Crippen molar-refractivity contribution < 1.29 is 9.84 Å². The van der Waals surface area contributed by atoms with E-state index in [-0.39, 0.29) is 12.2 Å². The quantitative estimate of drug-likeness (QED) is 0.344. The van der Waals surface area contributed by atoms with Crippen LogP contribution in [0.1, 0.15) is 40.2 Å². The Bertz CT molecular complexity index is 1300. The highest BCUT2D eigenvalue weighted by molar-refractivity contribution is 7.18. The lowest BCUT2D eigenvalue weighted by molar-refractivity contribution is 0.00673. The highest BCUT2D eigenvalue weighted by atomic mass is 32.1. The maximum absolute atomic E-state index is 13.0. The number of ether oxygens (including phenoxy) is 1. The van der Waals surface area contributed by atoms with E-state index in [1.54, 1.807) is 11.3 Å². The van der Waals surface area contributed by atoms with Crippen molar-refractivity contribution in [1.29, 1.82) is 0 Å². The fourth-order valence-electron chi connectivity index (χ4n) is 4.76. The number of rotatable bonds is 10. The molecule has 1 atom stereocenters. The molecule has 1 unspecified atom stereocenters. The molecule has 0 amide bonds. The number of nitrogens with zero attached hydrogens (tertiary/aromatic N) is 2. The molecule has 0 saturated carbocycles. The summed E-state index contributed by atoms with van der Waals surface area (Å²) in [5.74, 6) is 0.634. The minimum absolute atomic E-state index is 0.0456. The predicted molar refractivity (Wildman–Crippen MR) is 140 cm³/mol. The number of thiophene rings is 1. The average Bonchev–Trinajstić information content (AvgIpc) is 3.24. The van der Waals surface area contributed by atoms with E-state index in [1.807, 2.05) is 48.5 Å². The number of benzene rings is 2. The van der Waals surface area contributed by atoms with Gasteiger partial charge in [-0.3, -0.25) is 9.69 Å². The van der Waals surface area contributed by atoms with Crippen molar-refractivity contribution in [1.82, 2.24) is 14.9 Å². The van der Waals surface area contributed by atoms with E-state index in [0.717, 1.165) is 40.6 Å². The summed E-state index contributed by atoms with van der Waals surface area (Å²) in [7, 11) is 0. The second kappa shape index (κ2) is 11.3. The number of aromatic nitrogens is 2. The van der Waals surface area contributed by atoms with Crippen molar-refractivity contribution >= 4 is 21.6 Å². The monoisotopic (exact) mass is 489 g/mol. The normalized spacial score (nSPS) is 14.3. The third-order valence-electron chi connectivity index (χ3n) is 6.39. The highest BCUT2D eigenvalue weighted by Crippen LogP contribution is 2.33. The molecule has 4 aromatic rings. The molecule has 7 heteroatoms. The van der Waals surface area contributed by atoms with Crippen LogP contribution in [0.15, 0.2) is 65.5 Å². The van der Waals surface area contributed by atoms with Gasteiger partial charge < -0.3 is 14.8 Å². The SMILES string of the molecule is O=c1[nH]c(CN(Cc2ccccc2)CC(O)COCc2ccccc2)nc2sc3c(c12)CCCC3. The van der Waals surface area contributed by atoms with Gasteiger partial charge in [0.1, 0.15) is 10.7 Å². The molecule has 182 valence electrons. The fraction of sp³-hybridized carbons (Fsp3) is 0.357. The molecule has 2 heterocycles. The van der Waals surface area contributed by atoms with E-state index in [0.29, 0.717) is 32.1 Å². The van der Waals surface area contributed by atoms with E-state index < -0.39 is 6.10 Å². The number of fused-ring (bicyclic) bond motifs is 3. The minimum atomic E-state index is -0.660. The molecule has 1 aliphatic carbocycles. The van der Waals surface area contributed by atoms with Crippen molar-refractivity contribution in [3.63, 3.8) is 0 Å². The molecule has 0 aliphatic heterocycles. The summed E-state index contributed by atoms with van der Waals surface area (Å²) >= 11 is 1.66. The fourth-order valence-corrected chi connectivity index (χ4v) is 6.04. The van der Waals surface area contributed by atoms with Crippen LogP contribution < -0.4 is 5.56 Å². The first kappa shape index (κ1) is 23.9. The van der Waals surface area contributed by atoms with Gasteiger partial charge in [0.15, 0.2) is 0 Å². The first-order valence-corrected chi connectivity index (χ1v) is 13.1. The highest BCUT2D eigenvalue weighted by Gasteiger charge is 2.21. The van der Waals surface area contributed by atoms with Gasteiger partial charge in [-0.2, -0.15) is 0 Å². The van der Waals surface area contributed by atoms with Gasteiger partial charge in [0.2, 0.25) is 0 Å².